The number of carbonyl (C=O) groups excluding carboxylic acids is 1. The fourth-order valence-electron chi connectivity index (χ4n) is 2.50. The van der Waals surface area contributed by atoms with Gasteiger partial charge in [0.1, 0.15) is 5.75 Å². The molecule has 0 radical (unpaired) electrons. The summed E-state index contributed by atoms with van der Waals surface area (Å²) in [5, 5.41) is 6.26. The smallest absolute Gasteiger partial charge is 0.241 e. The van der Waals surface area contributed by atoms with Crippen LogP contribution in [-0.4, -0.2) is 24.6 Å². The molecule has 0 spiro atoms. The van der Waals surface area contributed by atoms with Crippen LogP contribution in [0.4, 0.5) is 5.69 Å². The van der Waals surface area contributed by atoms with Gasteiger partial charge in [-0.2, -0.15) is 0 Å². The Balaban J connectivity index is 1.95. The summed E-state index contributed by atoms with van der Waals surface area (Å²) in [6, 6.07) is 7.52. The van der Waals surface area contributed by atoms with Gasteiger partial charge in [-0.3, -0.25) is 4.79 Å². The van der Waals surface area contributed by atoms with Gasteiger partial charge in [-0.25, -0.2) is 0 Å². The second-order valence-electron chi connectivity index (χ2n) is 5.99. The zero-order valence-corrected chi connectivity index (χ0v) is 13.2. The third kappa shape index (κ3) is 4.74. The van der Waals surface area contributed by atoms with Gasteiger partial charge in [0.2, 0.25) is 5.91 Å². The number of ether oxygens (including phenoxy) is 1. The van der Waals surface area contributed by atoms with Crippen molar-refractivity contribution in [1.29, 1.82) is 0 Å². The summed E-state index contributed by atoms with van der Waals surface area (Å²) in [6.07, 6.45) is 3.17. The molecule has 1 aromatic carbocycles. The maximum absolute atomic E-state index is 12.3. The molecule has 0 aliphatic carbocycles. The third-order valence-electron chi connectivity index (χ3n) is 4.00. The van der Waals surface area contributed by atoms with Gasteiger partial charge in [-0.05, 0) is 50.8 Å². The van der Waals surface area contributed by atoms with E-state index in [9.17, 15) is 4.79 Å². The average Bonchev–Trinajstić information content (AvgIpc) is 2.47. The molecule has 2 N–H and O–H groups in total. The molecule has 116 valence electrons. The Labute approximate surface area is 127 Å². The van der Waals surface area contributed by atoms with Crippen molar-refractivity contribution in [1.82, 2.24) is 5.32 Å². The van der Waals surface area contributed by atoms with Gasteiger partial charge in [0, 0.05) is 11.8 Å². The molecule has 2 rings (SSSR count). The van der Waals surface area contributed by atoms with Crippen LogP contribution in [0.3, 0.4) is 0 Å². The van der Waals surface area contributed by atoms with Crippen molar-refractivity contribution in [3.8, 4) is 5.75 Å². The minimum absolute atomic E-state index is 0.0437. The molecular formula is C17H26N2O2. The van der Waals surface area contributed by atoms with E-state index in [1.807, 2.05) is 31.2 Å². The Hall–Kier alpha value is -1.55. The molecule has 4 heteroatoms. The van der Waals surface area contributed by atoms with Crippen LogP contribution in [0.1, 0.15) is 40.0 Å². The SMILES string of the molecule is CCC(C)Oc1cccc(NC(=O)C2CC(C)CCN2)c1. The molecule has 1 aliphatic heterocycles. The number of hydrogen-bond acceptors (Lipinski definition) is 3. The molecule has 1 fully saturated rings. The highest BCUT2D eigenvalue weighted by atomic mass is 16.5. The summed E-state index contributed by atoms with van der Waals surface area (Å²) < 4.78 is 5.78. The van der Waals surface area contributed by atoms with Crippen molar-refractivity contribution in [3.63, 3.8) is 0 Å². The minimum Gasteiger partial charge on any atom is -0.491 e. The van der Waals surface area contributed by atoms with Gasteiger partial charge in [-0.15, -0.1) is 0 Å². The number of anilines is 1. The van der Waals surface area contributed by atoms with Crippen LogP contribution in [0.15, 0.2) is 24.3 Å². The summed E-state index contributed by atoms with van der Waals surface area (Å²) in [5.41, 5.74) is 0.792. The maximum atomic E-state index is 12.3. The average molecular weight is 290 g/mol. The molecule has 0 saturated carbocycles. The van der Waals surface area contributed by atoms with Gasteiger partial charge < -0.3 is 15.4 Å². The molecule has 1 aliphatic rings. The topological polar surface area (TPSA) is 50.4 Å². The first-order chi connectivity index (χ1) is 10.1. The standard InChI is InChI=1S/C17H26N2O2/c1-4-13(3)21-15-7-5-6-14(11-15)19-17(20)16-10-12(2)8-9-18-16/h5-7,11-13,16,18H,4,8-10H2,1-3H3,(H,19,20). The van der Waals surface area contributed by atoms with Crippen molar-refractivity contribution in [3.05, 3.63) is 24.3 Å². The molecule has 3 unspecified atom stereocenters. The summed E-state index contributed by atoms with van der Waals surface area (Å²) >= 11 is 0. The van der Waals surface area contributed by atoms with Crippen LogP contribution >= 0.6 is 0 Å². The fraction of sp³-hybridized carbons (Fsp3) is 0.588. The summed E-state index contributed by atoms with van der Waals surface area (Å²) in [7, 11) is 0. The fourth-order valence-corrected chi connectivity index (χ4v) is 2.50. The van der Waals surface area contributed by atoms with Crippen molar-refractivity contribution >= 4 is 11.6 Å². The largest absolute Gasteiger partial charge is 0.491 e. The molecule has 1 heterocycles. The summed E-state index contributed by atoms with van der Waals surface area (Å²) in [6.45, 7) is 7.24. The number of benzene rings is 1. The lowest BCUT2D eigenvalue weighted by Crippen LogP contribution is -2.45. The van der Waals surface area contributed by atoms with Crippen molar-refractivity contribution < 1.29 is 9.53 Å². The number of piperidine rings is 1. The van der Waals surface area contributed by atoms with Crippen molar-refractivity contribution in [2.75, 3.05) is 11.9 Å². The van der Waals surface area contributed by atoms with Crippen LogP contribution in [0.5, 0.6) is 5.75 Å². The number of amides is 1. The first-order valence-electron chi connectivity index (χ1n) is 7.89. The second kappa shape index (κ2) is 7.46. The lowest BCUT2D eigenvalue weighted by molar-refractivity contribution is -0.119. The Morgan fingerprint density at radius 2 is 2.33 bits per heavy atom. The normalized spacial score (nSPS) is 23.4. The van der Waals surface area contributed by atoms with Crippen molar-refractivity contribution in [2.45, 2.75) is 52.2 Å². The van der Waals surface area contributed by atoms with E-state index >= 15 is 0 Å². The molecule has 21 heavy (non-hydrogen) atoms. The molecule has 0 bridgehead atoms. The van der Waals surface area contributed by atoms with Gasteiger partial charge in [0.05, 0.1) is 12.1 Å². The summed E-state index contributed by atoms with van der Waals surface area (Å²) in [4.78, 5) is 12.3. The Bertz CT molecular complexity index is 476. The van der Waals surface area contributed by atoms with E-state index in [0.717, 1.165) is 37.2 Å². The predicted octanol–water partition coefficient (Wildman–Crippen LogP) is 3.19. The maximum Gasteiger partial charge on any atom is 0.241 e. The lowest BCUT2D eigenvalue weighted by Gasteiger charge is -2.27. The number of hydrogen-bond donors (Lipinski definition) is 2. The van der Waals surface area contributed by atoms with Crippen LogP contribution in [0, 0.1) is 5.92 Å². The van der Waals surface area contributed by atoms with E-state index in [0.29, 0.717) is 5.92 Å². The Morgan fingerprint density at radius 3 is 3.05 bits per heavy atom. The monoisotopic (exact) mass is 290 g/mol. The first kappa shape index (κ1) is 15.8. The molecule has 1 amide bonds. The summed E-state index contributed by atoms with van der Waals surface area (Å²) in [5.74, 6) is 1.44. The zero-order chi connectivity index (χ0) is 15.2. The van der Waals surface area contributed by atoms with Gasteiger partial charge in [-0.1, -0.05) is 19.9 Å². The Morgan fingerprint density at radius 1 is 1.52 bits per heavy atom. The van der Waals surface area contributed by atoms with Crippen molar-refractivity contribution in [2.24, 2.45) is 5.92 Å². The van der Waals surface area contributed by atoms with Crippen LogP contribution in [-0.2, 0) is 4.79 Å². The second-order valence-corrected chi connectivity index (χ2v) is 5.99. The predicted molar refractivity (Wildman–Crippen MR) is 85.6 cm³/mol. The molecule has 3 atom stereocenters. The van der Waals surface area contributed by atoms with E-state index in [1.165, 1.54) is 0 Å². The van der Waals surface area contributed by atoms with Crippen LogP contribution < -0.4 is 15.4 Å². The zero-order valence-electron chi connectivity index (χ0n) is 13.2. The molecular weight excluding hydrogens is 264 g/mol. The number of carbonyl (C=O) groups is 1. The minimum atomic E-state index is -0.0899. The van der Waals surface area contributed by atoms with Gasteiger partial charge in [0.25, 0.3) is 0 Å². The number of nitrogens with one attached hydrogen (secondary N) is 2. The number of rotatable bonds is 5. The molecule has 0 aromatic heterocycles. The molecule has 1 aromatic rings. The lowest BCUT2D eigenvalue weighted by atomic mass is 9.94. The third-order valence-corrected chi connectivity index (χ3v) is 4.00. The van der Waals surface area contributed by atoms with Crippen LogP contribution in [0.25, 0.3) is 0 Å². The highest BCUT2D eigenvalue weighted by Gasteiger charge is 2.24. The van der Waals surface area contributed by atoms with E-state index in [2.05, 4.69) is 24.5 Å². The van der Waals surface area contributed by atoms with E-state index in [1.54, 1.807) is 0 Å². The highest BCUT2D eigenvalue weighted by Crippen LogP contribution is 2.21. The Kier molecular flexibility index (Phi) is 5.62. The van der Waals surface area contributed by atoms with Crippen LogP contribution in [0.2, 0.25) is 0 Å². The van der Waals surface area contributed by atoms with E-state index < -0.39 is 0 Å². The van der Waals surface area contributed by atoms with E-state index in [4.69, 9.17) is 4.74 Å². The molecule has 1 saturated heterocycles. The van der Waals surface area contributed by atoms with Gasteiger partial charge in [0.15, 0.2) is 0 Å². The quantitative estimate of drug-likeness (QED) is 0.875. The first-order valence-corrected chi connectivity index (χ1v) is 7.89. The van der Waals surface area contributed by atoms with E-state index in [-0.39, 0.29) is 18.1 Å². The molecule has 4 nitrogen and oxygen atoms in total. The highest BCUT2D eigenvalue weighted by molar-refractivity contribution is 5.95. The van der Waals surface area contributed by atoms with Gasteiger partial charge >= 0.3 is 0 Å².